The lowest BCUT2D eigenvalue weighted by Crippen LogP contribution is -2.27. The molecule has 2 rings (SSSR count). The highest BCUT2D eigenvalue weighted by Gasteiger charge is 2.25. The molecule has 22 heavy (non-hydrogen) atoms. The first-order valence-electron chi connectivity index (χ1n) is 6.25. The van der Waals surface area contributed by atoms with Crippen LogP contribution in [0.25, 0.3) is 0 Å². The zero-order chi connectivity index (χ0) is 16.3. The van der Waals surface area contributed by atoms with Crippen LogP contribution in [0.15, 0.2) is 47.4 Å². The van der Waals surface area contributed by atoms with Gasteiger partial charge in [-0.3, -0.25) is 0 Å². The molecule has 114 valence electrons. The van der Waals surface area contributed by atoms with Crippen LogP contribution < -0.4 is 0 Å². The summed E-state index contributed by atoms with van der Waals surface area (Å²) >= 11 is 11.9. The number of nitrogens with zero attached hydrogens (tertiary/aromatic N) is 2. The van der Waals surface area contributed by atoms with Gasteiger partial charge in [0.15, 0.2) is 0 Å². The standard InChI is InChI=1S/C15H12Cl2N2O2S/c1-19(10-12-4-2-3-5-14(12)17)22(20,21)15-8-13(16)7-6-11(15)9-18/h2-8H,10H2,1H3. The second kappa shape index (κ2) is 6.67. The van der Waals surface area contributed by atoms with Crippen LogP contribution in [-0.4, -0.2) is 19.8 Å². The van der Waals surface area contributed by atoms with Gasteiger partial charge in [-0.15, -0.1) is 0 Å². The number of halogens is 2. The zero-order valence-electron chi connectivity index (χ0n) is 11.6. The smallest absolute Gasteiger partial charge is 0.207 e. The highest BCUT2D eigenvalue weighted by molar-refractivity contribution is 7.89. The Morgan fingerprint density at radius 3 is 2.50 bits per heavy atom. The van der Waals surface area contributed by atoms with Crippen molar-refractivity contribution in [1.29, 1.82) is 5.26 Å². The molecule has 0 N–H and O–H groups in total. The summed E-state index contributed by atoms with van der Waals surface area (Å²) < 4.78 is 26.4. The van der Waals surface area contributed by atoms with E-state index in [1.54, 1.807) is 24.3 Å². The molecule has 0 aromatic heterocycles. The van der Waals surface area contributed by atoms with Crippen molar-refractivity contribution in [2.45, 2.75) is 11.4 Å². The molecule has 0 radical (unpaired) electrons. The predicted octanol–water partition coefficient (Wildman–Crippen LogP) is 3.69. The maximum atomic E-state index is 12.7. The molecule has 0 heterocycles. The lowest BCUT2D eigenvalue weighted by atomic mass is 10.2. The van der Waals surface area contributed by atoms with Crippen molar-refractivity contribution in [3.05, 3.63) is 63.6 Å². The fourth-order valence-corrected chi connectivity index (χ4v) is 3.67. The van der Waals surface area contributed by atoms with Crippen molar-refractivity contribution in [1.82, 2.24) is 4.31 Å². The van der Waals surface area contributed by atoms with E-state index in [9.17, 15) is 8.42 Å². The van der Waals surface area contributed by atoms with E-state index in [0.29, 0.717) is 10.6 Å². The molecule has 0 saturated heterocycles. The maximum Gasteiger partial charge on any atom is 0.244 e. The van der Waals surface area contributed by atoms with Gasteiger partial charge in [-0.25, -0.2) is 8.42 Å². The number of nitriles is 1. The van der Waals surface area contributed by atoms with Crippen LogP contribution in [0.4, 0.5) is 0 Å². The highest BCUT2D eigenvalue weighted by atomic mass is 35.5. The van der Waals surface area contributed by atoms with Crippen molar-refractivity contribution < 1.29 is 8.42 Å². The van der Waals surface area contributed by atoms with Crippen LogP contribution in [0.3, 0.4) is 0 Å². The van der Waals surface area contributed by atoms with Gasteiger partial charge in [0.2, 0.25) is 10.0 Å². The van der Waals surface area contributed by atoms with E-state index >= 15 is 0 Å². The Labute approximate surface area is 139 Å². The van der Waals surface area contributed by atoms with Crippen molar-refractivity contribution in [3.8, 4) is 6.07 Å². The molecule has 0 spiro atoms. The minimum atomic E-state index is -3.85. The Morgan fingerprint density at radius 1 is 1.18 bits per heavy atom. The number of benzene rings is 2. The summed E-state index contributed by atoms with van der Waals surface area (Å²) in [5.74, 6) is 0. The molecule has 4 nitrogen and oxygen atoms in total. The van der Waals surface area contributed by atoms with Gasteiger partial charge < -0.3 is 0 Å². The molecule has 0 aliphatic rings. The van der Waals surface area contributed by atoms with E-state index in [2.05, 4.69) is 0 Å². The zero-order valence-corrected chi connectivity index (χ0v) is 14.0. The van der Waals surface area contributed by atoms with E-state index in [1.807, 2.05) is 6.07 Å². The van der Waals surface area contributed by atoms with E-state index in [0.717, 1.165) is 4.31 Å². The summed E-state index contributed by atoms with van der Waals surface area (Å²) in [6.07, 6.45) is 0. The second-order valence-electron chi connectivity index (χ2n) is 4.60. The number of rotatable bonds is 4. The van der Waals surface area contributed by atoms with Gasteiger partial charge in [0.05, 0.1) is 5.56 Å². The van der Waals surface area contributed by atoms with E-state index in [-0.39, 0.29) is 22.0 Å². The average Bonchev–Trinajstić information content (AvgIpc) is 2.49. The fourth-order valence-electron chi connectivity index (χ4n) is 1.92. The summed E-state index contributed by atoms with van der Waals surface area (Å²) in [5.41, 5.74) is 0.728. The van der Waals surface area contributed by atoms with Gasteiger partial charge in [0, 0.05) is 23.6 Å². The minimum absolute atomic E-state index is 0.0513. The first kappa shape index (κ1) is 16.8. The van der Waals surface area contributed by atoms with Crippen LogP contribution >= 0.6 is 23.2 Å². The SMILES string of the molecule is CN(Cc1ccccc1Cl)S(=O)(=O)c1cc(Cl)ccc1C#N. The molecule has 0 unspecified atom stereocenters. The molecule has 0 aliphatic carbocycles. The lowest BCUT2D eigenvalue weighted by Gasteiger charge is -2.18. The van der Waals surface area contributed by atoms with E-state index in [4.69, 9.17) is 28.5 Å². The first-order valence-corrected chi connectivity index (χ1v) is 8.45. The number of sulfonamides is 1. The lowest BCUT2D eigenvalue weighted by molar-refractivity contribution is 0.466. The molecule has 0 saturated carbocycles. The molecular weight excluding hydrogens is 343 g/mol. The maximum absolute atomic E-state index is 12.7. The van der Waals surface area contributed by atoms with Crippen molar-refractivity contribution in [2.75, 3.05) is 7.05 Å². The monoisotopic (exact) mass is 354 g/mol. The summed E-state index contributed by atoms with van der Waals surface area (Å²) in [6, 6.07) is 13.0. The molecule has 7 heteroatoms. The van der Waals surface area contributed by atoms with Crippen LogP contribution in [0.2, 0.25) is 10.0 Å². The second-order valence-corrected chi connectivity index (χ2v) is 7.46. The summed E-state index contributed by atoms with van der Waals surface area (Å²) in [5, 5.41) is 9.83. The third-order valence-electron chi connectivity index (χ3n) is 3.10. The first-order chi connectivity index (χ1) is 10.4. The van der Waals surface area contributed by atoms with Gasteiger partial charge in [0.25, 0.3) is 0 Å². The van der Waals surface area contributed by atoms with Crippen molar-refractivity contribution in [3.63, 3.8) is 0 Å². The van der Waals surface area contributed by atoms with E-state index < -0.39 is 10.0 Å². The van der Waals surface area contributed by atoms with Crippen LogP contribution in [-0.2, 0) is 16.6 Å². The van der Waals surface area contributed by atoms with Crippen LogP contribution in [0.5, 0.6) is 0 Å². The molecule has 0 amide bonds. The Kier molecular flexibility index (Phi) is 5.09. The average molecular weight is 355 g/mol. The molecular formula is C15H12Cl2N2O2S. The molecule has 0 atom stereocenters. The highest BCUT2D eigenvalue weighted by Crippen LogP contribution is 2.25. The van der Waals surface area contributed by atoms with Gasteiger partial charge in [-0.1, -0.05) is 41.4 Å². The number of hydrogen-bond acceptors (Lipinski definition) is 3. The van der Waals surface area contributed by atoms with Crippen LogP contribution in [0.1, 0.15) is 11.1 Å². The normalized spacial score (nSPS) is 11.4. The van der Waals surface area contributed by atoms with Crippen molar-refractivity contribution >= 4 is 33.2 Å². The Bertz CT molecular complexity index is 845. The third-order valence-corrected chi connectivity index (χ3v) is 5.55. The molecule has 0 aliphatic heterocycles. The summed E-state index contributed by atoms with van der Waals surface area (Å²) in [6.45, 7) is 0.0966. The molecule has 2 aromatic carbocycles. The van der Waals surface area contributed by atoms with Gasteiger partial charge >= 0.3 is 0 Å². The largest absolute Gasteiger partial charge is 0.244 e. The van der Waals surface area contributed by atoms with Crippen LogP contribution in [0, 0.1) is 11.3 Å². The molecule has 0 bridgehead atoms. The summed E-state index contributed by atoms with van der Waals surface area (Å²) in [4.78, 5) is -0.114. The Balaban J connectivity index is 2.41. The molecule has 0 fully saturated rings. The van der Waals surface area contributed by atoms with Crippen molar-refractivity contribution in [2.24, 2.45) is 0 Å². The minimum Gasteiger partial charge on any atom is -0.207 e. The third kappa shape index (κ3) is 3.42. The number of hydrogen-bond donors (Lipinski definition) is 0. The Hall–Kier alpha value is -1.58. The quantitative estimate of drug-likeness (QED) is 0.840. The fraction of sp³-hybridized carbons (Fsp3) is 0.133. The summed E-state index contributed by atoms with van der Waals surface area (Å²) in [7, 11) is -2.42. The topological polar surface area (TPSA) is 61.2 Å². The molecule has 2 aromatic rings. The van der Waals surface area contributed by atoms with Gasteiger partial charge in [-0.2, -0.15) is 9.57 Å². The predicted molar refractivity (Wildman–Crippen MR) is 86.3 cm³/mol. The van der Waals surface area contributed by atoms with Gasteiger partial charge in [0.1, 0.15) is 11.0 Å². The Morgan fingerprint density at radius 2 is 1.86 bits per heavy atom. The van der Waals surface area contributed by atoms with Gasteiger partial charge in [-0.05, 0) is 29.8 Å². The van der Waals surface area contributed by atoms with E-state index in [1.165, 1.54) is 25.2 Å².